The lowest BCUT2D eigenvalue weighted by molar-refractivity contribution is -0.140. The third-order valence-electron chi connectivity index (χ3n) is 5.83. The smallest absolute Gasteiger partial charge is 0.329 e. The van der Waals surface area contributed by atoms with Crippen LogP contribution in [0.1, 0.15) is 110 Å². The summed E-state index contributed by atoms with van der Waals surface area (Å²) in [6, 6.07) is 0. The Morgan fingerprint density at radius 1 is 0.733 bits per heavy atom. The Balaban J connectivity index is 4.25. The number of carbonyl (C=O) groups is 1. The van der Waals surface area contributed by atoms with Gasteiger partial charge in [0.2, 0.25) is 4.75 Å². The molecule has 30 heavy (non-hydrogen) atoms. The van der Waals surface area contributed by atoms with Crippen molar-refractivity contribution in [1.82, 2.24) is 0 Å². The molecule has 0 amide bonds. The van der Waals surface area contributed by atoms with Gasteiger partial charge in [-0.15, -0.1) is 0 Å². The molecule has 8 nitrogen and oxygen atoms in total. The van der Waals surface area contributed by atoms with E-state index in [-0.39, 0.29) is 6.42 Å². The zero-order chi connectivity index (χ0) is 23.3. The van der Waals surface area contributed by atoms with Gasteiger partial charge in [-0.25, -0.2) is 0 Å². The molecule has 2 unspecified atom stereocenters. The summed E-state index contributed by atoms with van der Waals surface area (Å²) in [5.41, 5.74) is 0. The van der Waals surface area contributed by atoms with Gasteiger partial charge in [0, 0.05) is 0 Å². The van der Waals surface area contributed by atoms with E-state index in [1.165, 1.54) is 51.4 Å². The zero-order valence-electron chi connectivity index (χ0n) is 18.4. The van der Waals surface area contributed by atoms with Crippen molar-refractivity contribution < 1.29 is 35.8 Å². The monoisotopic (exact) mass is 472 g/mol. The number of carboxylic acid groups (broad SMARTS) is 1. The largest absolute Gasteiger partial charge is 0.480 e. The summed E-state index contributed by atoms with van der Waals surface area (Å²) in [7, 11) is -10.2. The minimum absolute atomic E-state index is 0.115. The van der Waals surface area contributed by atoms with Crippen LogP contribution < -0.4 is 0 Å². The number of carboxylic acids is 1. The summed E-state index contributed by atoms with van der Waals surface area (Å²) in [6.45, 7) is 2.98. The van der Waals surface area contributed by atoms with Gasteiger partial charge in [-0.1, -0.05) is 96.8 Å². The fraction of sp³-hybridized carbons (Fsp3) is 0.950. The van der Waals surface area contributed by atoms with Crippen molar-refractivity contribution in [3.05, 3.63) is 0 Å². The van der Waals surface area contributed by atoms with Gasteiger partial charge in [-0.05, 0) is 13.3 Å². The summed E-state index contributed by atoms with van der Waals surface area (Å²) in [4.78, 5) is 11.6. The van der Waals surface area contributed by atoms with Crippen LogP contribution in [0.15, 0.2) is 0 Å². The predicted octanol–water partition coefficient (Wildman–Crippen LogP) is 4.85. The van der Waals surface area contributed by atoms with Crippen LogP contribution in [0.2, 0.25) is 0 Å². The van der Waals surface area contributed by atoms with Gasteiger partial charge in [0.25, 0.3) is 20.2 Å². The number of unbranched alkanes of at least 4 members (excludes halogenated alkanes) is 13. The molecule has 0 saturated heterocycles. The first kappa shape index (κ1) is 29.3. The molecule has 0 fully saturated rings. The second-order valence-corrected chi connectivity index (χ2v) is 11.6. The molecule has 0 bridgehead atoms. The molecule has 0 rings (SSSR count). The van der Waals surface area contributed by atoms with Crippen LogP contribution in [-0.2, 0) is 25.0 Å². The highest BCUT2D eigenvalue weighted by Gasteiger charge is 2.58. The van der Waals surface area contributed by atoms with Gasteiger partial charge in [0.1, 0.15) is 5.25 Å². The van der Waals surface area contributed by atoms with Crippen molar-refractivity contribution in [2.45, 2.75) is 120 Å². The van der Waals surface area contributed by atoms with E-state index in [0.717, 1.165) is 32.6 Å². The van der Waals surface area contributed by atoms with Crippen molar-refractivity contribution in [2.75, 3.05) is 0 Å². The highest BCUT2D eigenvalue weighted by Crippen LogP contribution is 2.32. The van der Waals surface area contributed by atoms with Crippen LogP contribution in [0, 0.1) is 0 Å². The van der Waals surface area contributed by atoms with E-state index in [0.29, 0.717) is 6.42 Å². The maximum atomic E-state index is 11.7. The lowest BCUT2D eigenvalue weighted by Gasteiger charge is -2.30. The summed E-state index contributed by atoms with van der Waals surface area (Å²) in [5.74, 6) is -1.98. The van der Waals surface area contributed by atoms with Crippen molar-refractivity contribution >= 4 is 26.2 Å². The van der Waals surface area contributed by atoms with E-state index >= 15 is 0 Å². The van der Waals surface area contributed by atoms with E-state index in [4.69, 9.17) is 0 Å². The van der Waals surface area contributed by atoms with Gasteiger partial charge in [-0.3, -0.25) is 13.9 Å². The van der Waals surface area contributed by atoms with Gasteiger partial charge in [-0.2, -0.15) is 16.8 Å². The normalized spacial score (nSPS) is 15.6. The molecule has 2 atom stereocenters. The average molecular weight is 473 g/mol. The van der Waals surface area contributed by atoms with Crippen LogP contribution in [0.25, 0.3) is 0 Å². The molecule has 10 heteroatoms. The Morgan fingerprint density at radius 2 is 1.07 bits per heavy atom. The fourth-order valence-corrected chi connectivity index (χ4v) is 6.23. The minimum Gasteiger partial charge on any atom is -0.480 e. The standard InChI is InChI=1S/C20H40O8S2/c1-3-4-5-6-7-8-9-10-11-12-13-14-15-16-17-20(19(21)22,30(26,27)28)18(2)29(23,24)25/h18H,3-17H2,1-2H3,(H,21,22)(H,23,24,25)(H,26,27,28). The predicted molar refractivity (Wildman–Crippen MR) is 118 cm³/mol. The Bertz CT molecular complexity index is 688. The van der Waals surface area contributed by atoms with Crippen molar-refractivity contribution in [3.8, 4) is 0 Å². The van der Waals surface area contributed by atoms with Crippen LogP contribution in [0.5, 0.6) is 0 Å². The molecule has 0 aromatic heterocycles. The molecule has 0 aliphatic carbocycles. The van der Waals surface area contributed by atoms with Crippen molar-refractivity contribution in [1.29, 1.82) is 0 Å². The molecule has 0 aromatic carbocycles. The molecular formula is C20H40O8S2. The molecule has 0 aliphatic rings. The van der Waals surface area contributed by atoms with E-state index in [9.17, 15) is 35.8 Å². The van der Waals surface area contributed by atoms with Crippen LogP contribution in [0.4, 0.5) is 0 Å². The number of hydrogen-bond donors (Lipinski definition) is 3. The van der Waals surface area contributed by atoms with Crippen molar-refractivity contribution in [2.24, 2.45) is 0 Å². The molecule has 0 heterocycles. The van der Waals surface area contributed by atoms with Crippen LogP contribution in [-0.4, -0.2) is 47.0 Å². The SMILES string of the molecule is CCCCCCCCCCCCCCCCC(C(=O)O)(C(C)S(=O)(=O)O)S(=O)(=O)O. The topological polar surface area (TPSA) is 146 Å². The van der Waals surface area contributed by atoms with Crippen LogP contribution in [0.3, 0.4) is 0 Å². The van der Waals surface area contributed by atoms with Crippen LogP contribution >= 0.6 is 0 Å². The minimum atomic E-state index is -5.26. The first-order valence-electron chi connectivity index (χ1n) is 11.1. The molecule has 0 aromatic rings. The summed E-state index contributed by atoms with van der Waals surface area (Å²) >= 11 is 0. The average Bonchev–Trinajstić information content (AvgIpc) is 2.62. The maximum Gasteiger partial charge on any atom is 0.329 e. The van der Waals surface area contributed by atoms with Gasteiger partial charge in [0.05, 0.1) is 0 Å². The van der Waals surface area contributed by atoms with Crippen molar-refractivity contribution in [3.63, 3.8) is 0 Å². The maximum absolute atomic E-state index is 11.7. The second kappa shape index (κ2) is 14.4. The lowest BCUT2D eigenvalue weighted by atomic mass is 9.96. The fourth-order valence-electron chi connectivity index (χ4n) is 3.76. The highest BCUT2D eigenvalue weighted by atomic mass is 32.2. The Hall–Kier alpha value is -0.710. The summed E-state index contributed by atoms with van der Waals surface area (Å²) in [5, 5.41) is 7.20. The van der Waals surface area contributed by atoms with Gasteiger partial charge < -0.3 is 5.11 Å². The summed E-state index contributed by atoms with van der Waals surface area (Å²) < 4.78 is 61.9. The van der Waals surface area contributed by atoms with Gasteiger partial charge >= 0.3 is 5.97 Å². The molecule has 0 saturated carbocycles. The lowest BCUT2D eigenvalue weighted by Crippen LogP contribution is -2.57. The number of hydrogen-bond acceptors (Lipinski definition) is 5. The molecule has 0 aliphatic heterocycles. The van der Waals surface area contributed by atoms with E-state index < -0.39 is 42.6 Å². The Kier molecular flexibility index (Phi) is 14.0. The quantitative estimate of drug-likeness (QED) is 0.179. The Morgan fingerprint density at radius 3 is 1.33 bits per heavy atom. The molecular weight excluding hydrogens is 432 g/mol. The third-order valence-corrected chi connectivity index (χ3v) is 8.93. The second-order valence-electron chi connectivity index (χ2n) is 8.17. The molecule has 0 radical (unpaired) electrons. The first-order chi connectivity index (χ1) is 13.9. The molecule has 180 valence electrons. The summed E-state index contributed by atoms with van der Waals surface area (Å²) in [6.07, 6.45) is 14.1. The zero-order valence-corrected chi connectivity index (χ0v) is 20.0. The number of aliphatic carboxylic acids is 1. The van der Waals surface area contributed by atoms with E-state index in [1.807, 2.05) is 0 Å². The van der Waals surface area contributed by atoms with E-state index in [2.05, 4.69) is 6.92 Å². The number of rotatable bonds is 19. The molecule has 0 spiro atoms. The van der Waals surface area contributed by atoms with Gasteiger partial charge in [0.15, 0.2) is 0 Å². The van der Waals surface area contributed by atoms with E-state index in [1.54, 1.807) is 0 Å². The third kappa shape index (κ3) is 10.1. The highest BCUT2D eigenvalue weighted by molar-refractivity contribution is 7.91. The molecule has 3 N–H and O–H groups in total. The first-order valence-corrected chi connectivity index (χ1v) is 14.0. The Labute approximate surface area is 182 Å².